The summed E-state index contributed by atoms with van der Waals surface area (Å²) in [5, 5.41) is 7.42. The van der Waals surface area contributed by atoms with E-state index in [4.69, 9.17) is 9.72 Å². The van der Waals surface area contributed by atoms with Crippen LogP contribution in [0.25, 0.3) is 22.0 Å². The number of benzene rings is 2. The van der Waals surface area contributed by atoms with Gasteiger partial charge in [0.25, 0.3) is 5.56 Å². The van der Waals surface area contributed by atoms with Crippen molar-refractivity contribution in [2.24, 2.45) is 0 Å². The molecule has 0 spiro atoms. The second kappa shape index (κ2) is 8.51. The van der Waals surface area contributed by atoms with Crippen molar-refractivity contribution >= 4 is 10.9 Å². The van der Waals surface area contributed by atoms with E-state index < -0.39 is 0 Å². The third-order valence-electron chi connectivity index (χ3n) is 5.12. The lowest BCUT2D eigenvalue weighted by Crippen LogP contribution is -2.28. The van der Waals surface area contributed by atoms with Crippen molar-refractivity contribution in [3.8, 4) is 16.9 Å². The number of fused-ring (bicyclic) bond motifs is 1. The van der Waals surface area contributed by atoms with Crippen molar-refractivity contribution in [1.82, 2.24) is 24.6 Å². The van der Waals surface area contributed by atoms with E-state index in [9.17, 15) is 4.79 Å². The van der Waals surface area contributed by atoms with Crippen LogP contribution in [0.2, 0.25) is 0 Å². The van der Waals surface area contributed by atoms with E-state index in [2.05, 4.69) is 15.1 Å². The predicted molar refractivity (Wildman–Crippen MR) is 118 cm³/mol. The van der Waals surface area contributed by atoms with Crippen LogP contribution in [-0.4, -0.2) is 52.4 Å². The standard InChI is InChI=1S/C23H25N5O2/c1-27(2)10-9-22-26-21-8-7-17(18-13-24-25-14-18)12-20(21)23(29)28(22)15-16-5-4-6-19(11-16)30-3/h4-8,11-14H,9-10,15H2,1-3H3,(H,24,25). The Bertz CT molecular complexity index is 1210. The molecule has 7 nitrogen and oxygen atoms in total. The summed E-state index contributed by atoms with van der Waals surface area (Å²) in [6.45, 7) is 1.25. The molecular weight excluding hydrogens is 378 g/mol. The number of likely N-dealkylation sites (N-methyl/N-ethyl adjacent to an activating group) is 1. The van der Waals surface area contributed by atoms with Gasteiger partial charge < -0.3 is 9.64 Å². The molecule has 0 aliphatic rings. The zero-order chi connectivity index (χ0) is 21.1. The Hall–Kier alpha value is -3.45. The number of aromatic nitrogens is 4. The van der Waals surface area contributed by atoms with Gasteiger partial charge in [-0.15, -0.1) is 0 Å². The van der Waals surface area contributed by atoms with Gasteiger partial charge in [0.15, 0.2) is 0 Å². The van der Waals surface area contributed by atoms with E-state index >= 15 is 0 Å². The van der Waals surface area contributed by atoms with Crippen LogP contribution in [0.4, 0.5) is 0 Å². The van der Waals surface area contributed by atoms with Gasteiger partial charge in [0.1, 0.15) is 11.6 Å². The van der Waals surface area contributed by atoms with Crippen molar-refractivity contribution in [3.05, 3.63) is 76.6 Å². The van der Waals surface area contributed by atoms with Crippen molar-refractivity contribution < 1.29 is 4.74 Å². The summed E-state index contributed by atoms with van der Waals surface area (Å²) in [7, 11) is 5.67. The van der Waals surface area contributed by atoms with Gasteiger partial charge in [0.05, 0.1) is 30.8 Å². The Labute approximate surface area is 174 Å². The molecule has 2 aromatic heterocycles. The van der Waals surface area contributed by atoms with Gasteiger partial charge in [0.2, 0.25) is 0 Å². The Kier molecular flexibility index (Phi) is 5.63. The first-order chi connectivity index (χ1) is 14.5. The summed E-state index contributed by atoms with van der Waals surface area (Å²) < 4.78 is 7.12. The van der Waals surface area contributed by atoms with E-state index in [0.29, 0.717) is 23.9 Å². The monoisotopic (exact) mass is 403 g/mol. The Morgan fingerprint density at radius 3 is 2.73 bits per heavy atom. The van der Waals surface area contributed by atoms with E-state index in [1.807, 2.05) is 62.8 Å². The third-order valence-corrected chi connectivity index (χ3v) is 5.12. The molecule has 0 fully saturated rings. The van der Waals surface area contributed by atoms with Crippen LogP contribution in [0.3, 0.4) is 0 Å². The first-order valence-electron chi connectivity index (χ1n) is 9.85. The summed E-state index contributed by atoms with van der Waals surface area (Å²) >= 11 is 0. The lowest BCUT2D eigenvalue weighted by molar-refractivity contribution is 0.404. The number of nitrogens with one attached hydrogen (secondary N) is 1. The van der Waals surface area contributed by atoms with Gasteiger partial charge in [-0.1, -0.05) is 18.2 Å². The normalized spacial score (nSPS) is 11.3. The molecule has 0 unspecified atom stereocenters. The maximum Gasteiger partial charge on any atom is 0.261 e. The minimum atomic E-state index is -0.0399. The molecule has 154 valence electrons. The molecule has 0 aliphatic heterocycles. The topological polar surface area (TPSA) is 76.0 Å². The zero-order valence-corrected chi connectivity index (χ0v) is 17.4. The smallest absolute Gasteiger partial charge is 0.261 e. The quantitative estimate of drug-likeness (QED) is 0.513. The lowest BCUT2D eigenvalue weighted by atomic mass is 10.1. The molecule has 0 amide bonds. The van der Waals surface area contributed by atoms with Crippen LogP contribution in [0.15, 0.2) is 59.7 Å². The molecule has 0 saturated carbocycles. The molecule has 2 aromatic carbocycles. The van der Waals surface area contributed by atoms with Gasteiger partial charge >= 0.3 is 0 Å². The molecule has 0 atom stereocenters. The van der Waals surface area contributed by atoms with Crippen LogP contribution in [-0.2, 0) is 13.0 Å². The van der Waals surface area contributed by atoms with Crippen molar-refractivity contribution in [1.29, 1.82) is 0 Å². The van der Waals surface area contributed by atoms with Gasteiger partial charge in [-0.3, -0.25) is 14.5 Å². The van der Waals surface area contributed by atoms with Crippen LogP contribution in [0.1, 0.15) is 11.4 Å². The number of H-pyrrole nitrogens is 1. The van der Waals surface area contributed by atoms with Gasteiger partial charge in [-0.25, -0.2) is 4.98 Å². The minimum Gasteiger partial charge on any atom is -0.497 e. The highest BCUT2D eigenvalue weighted by Gasteiger charge is 2.14. The number of methoxy groups -OCH3 is 1. The largest absolute Gasteiger partial charge is 0.497 e. The van der Waals surface area contributed by atoms with E-state index in [0.717, 1.165) is 34.8 Å². The lowest BCUT2D eigenvalue weighted by Gasteiger charge is -2.16. The highest BCUT2D eigenvalue weighted by atomic mass is 16.5. The Morgan fingerprint density at radius 2 is 2.00 bits per heavy atom. The number of aromatic amines is 1. The molecule has 0 aliphatic carbocycles. The van der Waals surface area contributed by atoms with Gasteiger partial charge in [0, 0.05) is 24.7 Å². The molecule has 2 heterocycles. The number of hydrogen-bond acceptors (Lipinski definition) is 5. The van der Waals surface area contributed by atoms with E-state index in [1.165, 1.54) is 0 Å². The number of hydrogen-bond donors (Lipinski definition) is 1. The molecule has 1 N–H and O–H groups in total. The van der Waals surface area contributed by atoms with Crippen LogP contribution >= 0.6 is 0 Å². The molecule has 7 heteroatoms. The van der Waals surface area contributed by atoms with Crippen LogP contribution in [0.5, 0.6) is 5.75 Å². The molecule has 4 aromatic rings. The summed E-state index contributed by atoms with van der Waals surface area (Å²) in [6, 6.07) is 13.6. The van der Waals surface area contributed by atoms with Gasteiger partial charge in [-0.2, -0.15) is 5.10 Å². The second-order valence-corrected chi connectivity index (χ2v) is 7.54. The molecule has 0 radical (unpaired) electrons. The van der Waals surface area contributed by atoms with Crippen molar-refractivity contribution in [2.45, 2.75) is 13.0 Å². The summed E-state index contributed by atoms with van der Waals surface area (Å²) in [6.07, 6.45) is 4.25. The van der Waals surface area contributed by atoms with Crippen LogP contribution < -0.4 is 10.3 Å². The summed E-state index contributed by atoms with van der Waals surface area (Å²) in [4.78, 5) is 20.5. The molecular formula is C23H25N5O2. The van der Waals surface area contributed by atoms with Crippen LogP contribution in [0, 0.1) is 0 Å². The Morgan fingerprint density at radius 1 is 1.13 bits per heavy atom. The highest BCUT2D eigenvalue weighted by molar-refractivity contribution is 5.83. The maximum atomic E-state index is 13.5. The molecule has 0 bridgehead atoms. The van der Waals surface area contributed by atoms with Crippen molar-refractivity contribution in [2.75, 3.05) is 27.7 Å². The van der Waals surface area contributed by atoms with Crippen molar-refractivity contribution in [3.63, 3.8) is 0 Å². The van der Waals surface area contributed by atoms with Gasteiger partial charge in [-0.05, 0) is 49.5 Å². The molecule has 0 saturated heterocycles. The number of ether oxygens (including phenoxy) is 1. The Balaban J connectivity index is 1.83. The average molecular weight is 403 g/mol. The number of rotatable bonds is 7. The SMILES string of the molecule is COc1cccc(Cn2c(CCN(C)C)nc3ccc(-c4cn[nH]c4)cc3c2=O)c1. The third kappa shape index (κ3) is 4.11. The second-order valence-electron chi connectivity index (χ2n) is 7.54. The highest BCUT2D eigenvalue weighted by Crippen LogP contribution is 2.22. The summed E-state index contributed by atoms with van der Waals surface area (Å²) in [5.41, 5.74) is 3.54. The minimum absolute atomic E-state index is 0.0399. The fraction of sp³-hybridized carbons (Fsp3) is 0.261. The molecule has 4 rings (SSSR count). The predicted octanol–water partition coefficient (Wildman–Crippen LogP) is 2.95. The molecule has 30 heavy (non-hydrogen) atoms. The summed E-state index contributed by atoms with van der Waals surface area (Å²) in [5.74, 6) is 1.55. The maximum absolute atomic E-state index is 13.5. The number of nitrogens with zero attached hydrogens (tertiary/aromatic N) is 4. The zero-order valence-electron chi connectivity index (χ0n) is 17.4. The first kappa shape index (κ1) is 19.8. The average Bonchev–Trinajstić information content (AvgIpc) is 3.29. The fourth-order valence-corrected chi connectivity index (χ4v) is 3.49. The van der Waals surface area contributed by atoms with E-state index in [1.54, 1.807) is 17.9 Å². The van der Waals surface area contributed by atoms with E-state index in [-0.39, 0.29) is 5.56 Å². The fourth-order valence-electron chi connectivity index (χ4n) is 3.49. The first-order valence-corrected chi connectivity index (χ1v) is 9.85.